The molecule has 0 aliphatic carbocycles. The number of nitriles is 1. The van der Waals surface area contributed by atoms with Crippen LogP contribution in [0.25, 0.3) is 16.6 Å². The van der Waals surface area contributed by atoms with Gasteiger partial charge in [0.25, 0.3) is 0 Å². The fraction of sp³-hybridized carbons (Fsp3) is 0.222. The standard InChI is InChI=1S/C18H16N6O/c1-20-17-3-2-13(10-21-17)14-8-16-15(4-6-22-24(16)11-14)23-7-5-12(9-19)18(23)25/h2-4,6,8,10-12H,5,7H2,1H3,(H,20,21). The van der Waals surface area contributed by atoms with E-state index in [0.29, 0.717) is 13.0 Å². The van der Waals surface area contributed by atoms with Crippen molar-refractivity contribution < 1.29 is 4.79 Å². The van der Waals surface area contributed by atoms with Gasteiger partial charge in [0, 0.05) is 43.3 Å². The average molecular weight is 332 g/mol. The van der Waals surface area contributed by atoms with Crippen LogP contribution in [0.15, 0.2) is 42.9 Å². The maximum atomic E-state index is 12.4. The highest BCUT2D eigenvalue weighted by Crippen LogP contribution is 2.31. The summed E-state index contributed by atoms with van der Waals surface area (Å²) in [5.41, 5.74) is 3.56. The summed E-state index contributed by atoms with van der Waals surface area (Å²) in [7, 11) is 1.83. The van der Waals surface area contributed by atoms with E-state index < -0.39 is 5.92 Å². The molecule has 4 heterocycles. The molecule has 1 N–H and O–H groups in total. The molecule has 1 aliphatic rings. The fourth-order valence-electron chi connectivity index (χ4n) is 3.14. The highest BCUT2D eigenvalue weighted by molar-refractivity contribution is 6.02. The number of amides is 1. The van der Waals surface area contributed by atoms with Crippen molar-refractivity contribution in [3.63, 3.8) is 0 Å². The van der Waals surface area contributed by atoms with Gasteiger partial charge in [-0.05, 0) is 30.7 Å². The highest BCUT2D eigenvalue weighted by Gasteiger charge is 2.33. The molecule has 0 bridgehead atoms. The van der Waals surface area contributed by atoms with E-state index in [-0.39, 0.29) is 5.91 Å². The lowest BCUT2D eigenvalue weighted by atomic mass is 10.1. The van der Waals surface area contributed by atoms with Crippen LogP contribution in [0, 0.1) is 17.2 Å². The van der Waals surface area contributed by atoms with Gasteiger partial charge in [0.05, 0.1) is 17.3 Å². The van der Waals surface area contributed by atoms with Gasteiger partial charge in [0.15, 0.2) is 0 Å². The summed E-state index contributed by atoms with van der Waals surface area (Å²) in [4.78, 5) is 18.4. The number of nitrogens with zero attached hydrogens (tertiary/aromatic N) is 5. The van der Waals surface area contributed by atoms with Crippen molar-refractivity contribution in [2.45, 2.75) is 6.42 Å². The van der Waals surface area contributed by atoms with Gasteiger partial charge in [-0.3, -0.25) is 4.79 Å². The number of rotatable bonds is 3. The van der Waals surface area contributed by atoms with E-state index >= 15 is 0 Å². The largest absolute Gasteiger partial charge is 0.373 e. The number of pyridine rings is 1. The zero-order valence-corrected chi connectivity index (χ0v) is 13.7. The van der Waals surface area contributed by atoms with E-state index in [1.54, 1.807) is 21.8 Å². The third-order valence-electron chi connectivity index (χ3n) is 4.49. The topological polar surface area (TPSA) is 86.3 Å². The zero-order chi connectivity index (χ0) is 17.4. The molecular weight excluding hydrogens is 316 g/mol. The number of carbonyl (C=O) groups excluding carboxylic acids is 1. The summed E-state index contributed by atoms with van der Waals surface area (Å²) in [5.74, 6) is 0.107. The smallest absolute Gasteiger partial charge is 0.244 e. The molecule has 4 rings (SSSR count). The van der Waals surface area contributed by atoms with Crippen LogP contribution in [-0.4, -0.2) is 34.1 Å². The predicted octanol–water partition coefficient (Wildman–Crippen LogP) is 2.31. The summed E-state index contributed by atoms with van der Waals surface area (Å²) in [6.45, 7) is 0.551. The molecular formula is C18H16N6O. The number of carbonyl (C=O) groups is 1. The minimum atomic E-state index is -0.555. The maximum absolute atomic E-state index is 12.4. The van der Waals surface area contributed by atoms with E-state index in [1.807, 2.05) is 37.5 Å². The fourth-order valence-corrected chi connectivity index (χ4v) is 3.14. The average Bonchev–Trinajstić information content (AvgIpc) is 3.25. The molecule has 1 amide bonds. The molecule has 0 saturated carbocycles. The summed E-state index contributed by atoms with van der Waals surface area (Å²) in [6.07, 6.45) is 5.94. The lowest BCUT2D eigenvalue weighted by Crippen LogP contribution is -2.27. The van der Waals surface area contributed by atoms with Crippen molar-refractivity contribution in [2.24, 2.45) is 5.92 Å². The molecule has 0 radical (unpaired) electrons. The molecule has 25 heavy (non-hydrogen) atoms. The third-order valence-corrected chi connectivity index (χ3v) is 4.49. The first-order valence-corrected chi connectivity index (χ1v) is 8.04. The lowest BCUT2D eigenvalue weighted by Gasteiger charge is -2.16. The molecule has 1 unspecified atom stereocenters. The summed E-state index contributed by atoms with van der Waals surface area (Å²) in [6, 6.07) is 9.78. The van der Waals surface area contributed by atoms with Crippen LogP contribution in [0.4, 0.5) is 11.5 Å². The Kier molecular flexibility index (Phi) is 3.58. The zero-order valence-electron chi connectivity index (χ0n) is 13.7. The predicted molar refractivity (Wildman–Crippen MR) is 94.0 cm³/mol. The Morgan fingerprint density at radius 3 is 2.88 bits per heavy atom. The highest BCUT2D eigenvalue weighted by atomic mass is 16.2. The van der Waals surface area contributed by atoms with E-state index in [0.717, 1.165) is 28.1 Å². The van der Waals surface area contributed by atoms with E-state index in [2.05, 4.69) is 21.5 Å². The van der Waals surface area contributed by atoms with Gasteiger partial charge >= 0.3 is 0 Å². The van der Waals surface area contributed by atoms with Crippen molar-refractivity contribution in [1.82, 2.24) is 14.6 Å². The Balaban J connectivity index is 1.76. The molecule has 1 aliphatic heterocycles. The molecule has 7 nitrogen and oxygen atoms in total. The maximum Gasteiger partial charge on any atom is 0.244 e. The SMILES string of the molecule is CNc1ccc(-c2cc3c(N4CCC(C#N)C4=O)ccnn3c2)cn1. The molecule has 124 valence electrons. The number of hydrogen-bond acceptors (Lipinski definition) is 5. The van der Waals surface area contributed by atoms with Crippen molar-refractivity contribution >= 4 is 22.9 Å². The molecule has 1 atom stereocenters. The van der Waals surface area contributed by atoms with Crippen LogP contribution < -0.4 is 10.2 Å². The van der Waals surface area contributed by atoms with Crippen molar-refractivity contribution in [2.75, 3.05) is 23.8 Å². The summed E-state index contributed by atoms with van der Waals surface area (Å²) >= 11 is 0. The van der Waals surface area contributed by atoms with Crippen molar-refractivity contribution in [3.05, 3.63) is 42.9 Å². The van der Waals surface area contributed by atoms with Crippen molar-refractivity contribution in [1.29, 1.82) is 5.26 Å². The van der Waals surface area contributed by atoms with Gasteiger partial charge in [-0.2, -0.15) is 10.4 Å². The monoisotopic (exact) mass is 332 g/mol. The second kappa shape index (κ2) is 5.91. The normalized spacial score (nSPS) is 17.0. The Labute approximate surface area is 144 Å². The summed E-state index contributed by atoms with van der Waals surface area (Å²) in [5, 5.41) is 16.4. The first-order chi connectivity index (χ1) is 12.2. The van der Waals surface area contributed by atoms with Crippen molar-refractivity contribution in [3.8, 4) is 17.2 Å². The molecule has 0 spiro atoms. The lowest BCUT2D eigenvalue weighted by molar-refractivity contribution is -0.118. The van der Waals surface area contributed by atoms with Crippen LogP contribution in [-0.2, 0) is 4.79 Å². The number of fused-ring (bicyclic) bond motifs is 1. The molecule has 3 aromatic heterocycles. The van der Waals surface area contributed by atoms with E-state index in [1.165, 1.54) is 0 Å². The molecule has 1 fully saturated rings. The number of anilines is 2. The van der Waals surface area contributed by atoms with Crippen LogP contribution in [0.3, 0.4) is 0 Å². The van der Waals surface area contributed by atoms with Gasteiger partial charge < -0.3 is 10.2 Å². The minimum Gasteiger partial charge on any atom is -0.373 e. The van der Waals surface area contributed by atoms with Crippen LogP contribution >= 0.6 is 0 Å². The second-order valence-electron chi connectivity index (χ2n) is 5.92. The van der Waals surface area contributed by atoms with Gasteiger partial charge in [0.1, 0.15) is 11.7 Å². The first-order valence-electron chi connectivity index (χ1n) is 8.04. The number of nitrogens with one attached hydrogen (secondary N) is 1. The summed E-state index contributed by atoms with van der Waals surface area (Å²) < 4.78 is 1.75. The molecule has 7 heteroatoms. The quantitative estimate of drug-likeness (QED) is 0.795. The molecule has 1 saturated heterocycles. The Bertz CT molecular complexity index is 985. The van der Waals surface area contributed by atoms with E-state index in [4.69, 9.17) is 5.26 Å². The van der Waals surface area contributed by atoms with Crippen LogP contribution in [0.1, 0.15) is 6.42 Å². The third kappa shape index (κ3) is 2.48. The first kappa shape index (κ1) is 15.1. The number of aromatic nitrogens is 3. The van der Waals surface area contributed by atoms with E-state index in [9.17, 15) is 4.79 Å². The molecule has 0 aromatic carbocycles. The van der Waals surface area contributed by atoms with Gasteiger partial charge in [0.2, 0.25) is 5.91 Å². The second-order valence-corrected chi connectivity index (χ2v) is 5.92. The minimum absolute atomic E-state index is 0.140. The van der Waals surface area contributed by atoms with Crippen LogP contribution in [0.2, 0.25) is 0 Å². The Hall–Kier alpha value is -3.40. The van der Waals surface area contributed by atoms with Gasteiger partial charge in [-0.1, -0.05) is 0 Å². The Morgan fingerprint density at radius 2 is 2.20 bits per heavy atom. The number of hydrogen-bond donors (Lipinski definition) is 1. The molecule has 3 aromatic rings. The van der Waals surface area contributed by atoms with Gasteiger partial charge in [-0.15, -0.1) is 0 Å². The van der Waals surface area contributed by atoms with Crippen LogP contribution in [0.5, 0.6) is 0 Å². The Morgan fingerprint density at radius 1 is 1.32 bits per heavy atom. The van der Waals surface area contributed by atoms with Gasteiger partial charge in [-0.25, -0.2) is 9.50 Å².